The third kappa shape index (κ3) is 4.31. The van der Waals surface area contributed by atoms with E-state index in [0.29, 0.717) is 29.0 Å². The molecule has 37 heavy (non-hydrogen) atoms. The molecule has 0 saturated carbocycles. The highest BCUT2D eigenvalue weighted by atomic mass is 32.1. The fraction of sp³-hybridized carbons (Fsp3) is 0.148. The van der Waals surface area contributed by atoms with Crippen molar-refractivity contribution in [3.05, 3.63) is 99.1 Å². The summed E-state index contributed by atoms with van der Waals surface area (Å²) < 4.78 is 6.27. The van der Waals surface area contributed by atoms with Gasteiger partial charge in [-0.25, -0.2) is 4.98 Å². The van der Waals surface area contributed by atoms with Gasteiger partial charge in [-0.05, 0) is 61.4 Å². The lowest BCUT2D eigenvalue weighted by atomic mass is 9.95. The highest BCUT2D eigenvalue weighted by molar-refractivity contribution is 7.22. The number of nitro groups is 1. The van der Waals surface area contributed by atoms with Crippen molar-refractivity contribution in [2.24, 2.45) is 0 Å². The molecule has 9 nitrogen and oxygen atoms in total. The second kappa shape index (κ2) is 9.47. The molecule has 3 aromatic carbocycles. The number of Topliss-reactive ketones (excluding diaryl/α,β-unsaturated/α-hetero) is 1. The number of rotatable bonds is 6. The number of aliphatic hydroxyl groups excluding tert-OH is 1. The molecule has 0 radical (unpaired) electrons. The van der Waals surface area contributed by atoms with Crippen LogP contribution in [0.2, 0.25) is 0 Å². The lowest BCUT2D eigenvalue weighted by Gasteiger charge is -2.22. The first-order valence-electron chi connectivity index (χ1n) is 11.4. The second-order valence-corrected chi connectivity index (χ2v) is 9.46. The van der Waals surface area contributed by atoms with Gasteiger partial charge < -0.3 is 9.84 Å². The molecule has 1 aliphatic heterocycles. The van der Waals surface area contributed by atoms with Gasteiger partial charge in [0.05, 0.1) is 33.4 Å². The Morgan fingerprint density at radius 3 is 2.59 bits per heavy atom. The minimum Gasteiger partial charge on any atom is -0.507 e. The van der Waals surface area contributed by atoms with Crippen molar-refractivity contribution in [1.29, 1.82) is 0 Å². The summed E-state index contributed by atoms with van der Waals surface area (Å²) in [6.45, 7) is 4.24. The van der Waals surface area contributed by atoms with E-state index in [1.165, 1.54) is 34.4 Å². The van der Waals surface area contributed by atoms with Gasteiger partial charge >= 0.3 is 5.91 Å². The zero-order chi connectivity index (χ0) is 26.3. The van der Waals surface area contributed by atoms with Crippen LogP contribution in [0.4, 0.5) is 10.8 Å². The van der Waals surface area contributed by atoms with Crippen LogP contribution in [0.25, 0.3) is 16.0 Å². The highest BCUT2D eigenvalue weighted by Crippen LogP contribution is 2.45. The number of fused-ring (bicyclic) bond motifs is 1. The second-order valence-electron chi connectivity index (χ2n) is 8.45. The first-order valence-corrected chi connectivity index (χ1v) is 12.3. The van der Waals surface area contributed by atoms with E-state index in [2.05, 4.69) is 4.98 Å². The van der Waals surface area contributed by atoms with E-state index in [1.54, 1.807) is 30.3 Å². The Kier molecular flexibility index (Phi) is 6.18. The van der Waals surface area contributed by atoms with Crippen molar-refractivity contribution < 1.29 is 24.4 Å². The molecule has 10 heteroatoms. The molecule has 186 valence electrons. The van der Waals surface area contributed by atoms with Gasteiger partial charge in [-0.1, -0.05) is 29.5 Å². The van der Waals surface area contributed by atoms with E-state index in [0.717, 1.165) is 10.3 Å². The number of carbonyl (C=O) groups is 2. The number of carbonyl (C=O) groups excluding carboxylic acids is 2. The monoisotopic (exact) mass is 515 g/mol. The van der Waals surface area contributed by atoms with Gasteiger partial charge in [0.25, 0.3) is 11.5 Å². The molecular weight excluding hydrogens is 494 g/mol. The molecule has 1 N–H and O–H groups in total. The van der Waals surface area contributed by atoms with Gasteiger partial charge in [0.2, 0.25) is 0 Å². The number of nitro benzene ring substituents is 1. The first-order chi connectivity index (χ1) is 17.8. The quantitative estimate of drug-likeness (QED) is 0.118. The van der Waals surface area contributed by atoms with E-state index in [4.69, 9.17) is 4.74 Å². The van der Waals surface area contributed by atoms with Crippen LogP contribution in [0, 0.1) is 17.0 Å². The van der Waals surface area contributed by atoms with Crippen molar-refractivity contribution >= 4 is 49.8 Å². The predicted molar refractivity (Wildman–Crippen MR) is 140 cm³/mol. The maximum absolute atomic E-state index is 13.4. The molecule has 0 aliphatic carbocycles. The van der Waals surface area contributed by atoms with E-state index < -0.39 is 28.4 Å². The Morgan fingerprint density at radius 1 is 1.14 bits per heavy atom. The number of hydrogen-bond acceptors (Lipinski definition) is 8. The molecule has 1 unspecified atom stereocenters. The van der Waals surface area contributed by atoms with Crippen LogP contribution in [-0.2, 0) is 9.59 Å². The Bertz CT molecular complexity index is 1590. The molecule has 1 aliphatic rings. The summed E-state index contributed by atoms with van der Waals surface area (Å²) >= 11 is 1.23. The fourth-order valence-electron chi connectivity index (χ4n) is 4.31. The molecule has 0 spiro atoms. The molecule has 2 heterocycles. The number of non-ortho nitro benzene ring substituents is 1. The Labute approximate surface area is 215 Å². The fourth-order valence-corrected chi connectivity index (χ4v) is 5.40. The highest BCUT2D eigenvalue weighted by Gasteiger charge is 2.48. The van der Waals surface area contributed by atoms with Crippen molar-refractivity contribution in [3.8, 4) is 5.75 Å². The van der Waals surface area contributed by atoms with Gasteiger partial charge in [-0.15, -0.1) is 0 Å². The van der Waals surface area contributed by atoms with E-state index in [9.17, 15) is 24.8 Å². The number of ether oxygens (including phenoxy) is 1. The Hall–Kier alpha value is -4.57. The Balaban J connectivity index is 1.71. The van der Waals surface area contributed by atoms with Gasteiger partial charge in [0, 0.05) is 17.7 Å². The topological polar surface area (TPSA) is 123 Å². The average molecular weight is 516 g/mol. The summed E-state index contributed by atoms with van der Waals surface area (Å²) in [6, 6.07) is 16.7. The normalized spacial score (nSPS) is 16.9. The number of aromatic nitrogens is 1. The summed E-state index contributed by atoms with van der Waals surface area (Å²) in [5, 5.41) is 23.0. The zero-order valence-electron chi connectivity index (χ0n) is 19.9. The van der Waals surface area contributed by atoms with Crippen molar-refractivity contribution in [2.45, 2.75) is 19.9 Å². The number of benzene rings is 3. The number of aryl methyl sites for hydroxylation is 1. The number of ketones is 1. The largest absolute Gasteiger partial charge is 0.507 e. The lowest BCUT2D eigenvalue weighted by Crippen LogP contribution is -2.29. The summed E-state index contributed by atoms with van der Waals surface area (Å²) in [5.41, 5.74) is 1.88. The van der Waals surface area contributed by atoms with Crippen LogP contribution in [-0.4, -0.2) is 33.3 Å². The SMILES string of the molecule is CCOc1ccc(/C(O)=C2\C(=O)C(=O)N(c3nc4ccc(C)cc4s3)C2c2cccc([N+](=O)[O-])c2)cc1. The Morgan fingerprint density at radius 2 is 1.89 bits per heavy atom. The van der Waals surface area contributed by atoms with E-state index >= 15 is 0 Å². The number of aliphatic hydroxyl groups is 1. The summed E-state index contributed by atoms with van der Waals surface area (Å²) in [4.78, 5) is 43.5. The first kappa shape index (κ1) is 24.1. The van der Waals surface area contributed by atoms with Crippen LogP contribution in [0.5, 0.6) is 5.75 Å². The predicted octanol–water partition coefficient (Wildman–Crippen LogP) is 5.54. The van der Waals surface area contributed by atoms with Crippen LogP contribution in [0.15, 0.2) is 72.3 Å². The van der Waals surface area contributed by atoms with E-state index in [1.807, 2.05) is 32.0 Å². The molecule has 4 aromatic rings. The van der Waals surface area contributed by atoms with Gasteiger partial charge in [0.1, 0.15) is 11.5 Å². The molecule has 1 amide bonds. The van der Waals surface area contributed by atoms with Crippen LogP contribution in [0.1, 0.15) is 29.7 Å². The van der Waals surface area contributed by atoms with Crippen LogP contribution < -0.4 is 9.64 Å². The molecule has 5 rings (SSSR count). The van der Waals surface area contributed by atoms with Gasteiger partial charge in [0.15, 0.2) is 5.13 Å². The number of amides is 1. The number of nitrogens with zero attached hydrogens (tertiary/aromatic N) is 3. The van der Waals surface area contributed by atoms with E-state index in [-0.39, 0.29) is 16.4 Å². The molecule has 1 atom stereocenters. The molecule has 1 saturated heterocycles. The summed E-state index contributed by atoms with van der Waals surface area (Å²) in [5.74, 6) is -1.59. The smallest absolute Gasteiger partial charge is 0.301 e. The lowest BCUT2D eigenvalue weighted by molar-refractivity contribution is -0.384. The average Bonchev–Trinajstić information content (AvgIpc) is 3.42. The zero-order valence-corrected chi connectivity index (χ0v) is 20.7. The molecule has 1 fully saturated rings. The standard InChI is InChI=1S/C27H21N3O6S/c1-3-36-19-10-8-16(9-11-19)24(31)22-23(17-5-4-6-18(14-17)30(34)35)29(26(33)25(22)32)27-28-20-12-7-15(2)13-21(20)37-27/h4-14,23,31H,3H2,1-2H3/b24-22+. The minimum atomic E-state index is -1.12. The van der Waals surface area contributed by atoms with Crippen molar-refractivity contribution in [1.82, 2.24) is 4.98 Å². The summed E-state index contributed by atoms with van der Waals surface area (Å²) in [6.07, 6.45) is 0. The minimum absolute atomic E-state index is 0.176. The maximum Gasteiger partial charge on any atom is 0.301 e. The van der Waals surface area contributed by atoms with Gasteiger partial charge in [-0.3, -0.25) is 24.6 Å². The van der Waals surface area contributed by atoms with Crippen molar-refractivity contribution in [2.75, 3.05) is 11.5 Å². The number of hydrogen-bond donors (Lipinski definition) is 1. The molecule has 1 aromatic heterocycles. The third-order valence-corrected chi connectivity index (χ3v) is 7.04. The van der Waals surface area contributed by atoms with Gasteiger partial charge in [-0.2, -0.15) is 0 Å². The van der Waals surface area contributed by atoms with Crippen molar-refractivity contribution in [3.63, 3.8) is 0 Å². The van der Waals surface area contributed by atoms with Crippen LogP contribution in [0.3, 0.4) is 0 Å². The number of thiazole rings is 1. The maximum atomic E-state index is 13.4. The summed E-state index contributed by atoms with van der Waals surface area (Å²) in [7, 11) is 0. The molecular formula is C27H21N3O6S. The van der Waals surface area contributed by atoms with Crippen LogP contribution >= 0.6 is 11.3 Å². The molecule has 0 bridgehead atoms. The number of anilines is 1. The third-order valence-electron chi connectivity index (χ3n) is 6.02.